The van der Waals surface area contributed by atoms with E-state index in [-0.39, 0.29) is 17.4 Å². The second kappa shape index (κ2) is 8.14. The lowest BCUT2D eigenvalue weighted by Crippen LogP contribution is -2.14. The molecule has 0 aliphatic rings. The van der Waals surface area contributed by atoms with E-state index in [0.29, 0.717) is 51.5 Å². The van der Waals surface area contributed by atoms with E-state index in [2.05, 4.69) is 25.4 Å². The van der Waals surface area contributed by atoms with Crippen LogP contribution in [-0.4, -0.2) is 26.0 Å². The zero-order chi connectivity index (χ0) is 22.1. The van der Waals surface area contributed by atoms with Crippen LogP contribution in [0.4, 0.5) is 5.69 Å². The minimum atomic E-state index is -0.290. The lowest BCUT2D eigenvalue weighted by atomic mass is 10.0. The summed E-state index contributed by atoms with van der Waals surface area (Å²) in [6.45, 7) is 7.72. The Hall–Kier alpha value is -3.81. The maximum Gasteiger partial charge on any atom is 0.259 e. The lowest BCUT2D eigenvalue weighted by Gasteiger charge is -2.11. The second-order valence-electron chi connectivity index (χ2n) is 7.67. The Labute approximate surface area is 178 Å². The smallest absolute Gasteiger partial charge is 0.259 e. The molecule has 0 saturated carbocycles. The number of aromatic nitrogens is 4. The molecule has 0 saturated heterocycles. The van der Waals surface area contributed by atoms with Crippen LogP contribution in [0.3, 0.4) is 0 Å². The van der Waals surface area contributed by atoms with Crippen molar-refractivity contribution in [2.75, 3.05) is 5.32 Å². The van der Waals surface area contributed by atoms with E-state index >= 15 is 0 Å². The Balaban J connectivity index is 1.70. The minimum Gasteiger partial charge on any atom is -0.336 e. The molecule has 4 rings (SSSR count). The molecule has 0 aliphatic carbocycles. The summed E-state index contributed by atoms with van der Waals surface area (Å²) in [5, 5.41) is 7.49. The largest absolute Gasteiger partial charge is 0.336 e. The van der Waals surface area contributed by atoms with Crippen molar-refractivity contribution in [3.8, 4) is 11.4 Å². The highest BCUT2D eigenvalue weighted by atomic mass is 16.5. The van der Waals surface area contributed by atoms with Crippen LogP contribution < -0.4 is 10.9 Å². The molecule has 0 bridgehead atoms. The third-order valence-electron chi connectivity index (χ3n) is 5.02. The average Bonchev–Trinajstić information content (AvgIpc) is 3.13. The average molecular weight is 417 g/mol. The second-order valence-corrected chi connectivity index (χ2v) is 7.67. The number of carbonyl (C=O) groups excluding carboxylic acids is 1. The third-order valence-corrected chi connectivity index (χ3v) is 5.02. The maximum absolute atomic E-state index is 13.2. The van der Waals surface area contributed by atoms with Crippen LogP contribution in [0.25, 0.3) is 22.5 Å². The Kier molecular flexibility index (Phi) is 5.37. The molecule has 0 spiro atoms. The standard InChI is InChI=1S/C23H23N5O3/c1-5-15-10-19(29)27-21(24-15)14-7-6-8-16(9-14)25-22(30)17-11-18(12(2)3)26-23-20(17)13(4)28-31-23/h6-12H,5H2,1-4H3,(H,25,30)(H,24,27,29). The molecule has 2 N–H and O–H groups in total. The first-order valence-corrected chi connectivity index (χ1v) is 10.1. The number of carbonyl (C=O) groups is 1. The lowest BCUT2D eigenvalue weighted by molar-refractivity contribution is 0.102. The molecular formula is C23H23N5O3. The molecule has 0 fully saturated rings. The molecular weight excluding hydrogens is 394 g/mol. The molecule has 3 heterocycles. The number of H-pyrrole nitrogens is 1. The van der Waals surface area contributed by atoms with Gasteiger partial charge in [-0.2, -0.15) is 0 Å². The molecule has 0 aliphatic heterocycles. The summed E-state index contributed by atoms with van der Waals surface area (Å²) >= 11 is 0. The number of benzene rings is 1. The Morgan fingerprint density at radius 1 is 1.19 bits per heavy atom. The van der Waals surface area contributed by atoms with Crippen molar-refractivity contribution in [3.63, 3.8) is 0 Å². The Morgan fingerprint density at radius 3 is 2.74 bits per heavy atom. The molecule has 3 aromatic heterocycles. The molecule has 1 aromatic carbocycles. The van der Waals surface area contributed by atoms with Gasteiger partial charge in [-0.25, -0.2) is 9.97 Å². The van der Waals surface area contributed by atoms with Gasteiger partial charge in [0, 0.05) is 28.7 Å². The number of nitrogens with zero attached hydrogens (tertiary/aromatic N) is 3. The number of anilines is 1. The van der Waals surface area contributed by atoms with Gasteiger partial charge in [0.15, 0.2) is 0 Å². The molecule has 4 aromatic rings. The number of fused-ring (bicyclic) bond motifs is 1. The summed E-state index contributed by atoms with van der Waals surface area (Å²) in [4.78, 5) is 36.8. The highest BCUT2D eigenvalue weighted by molar-refractivity contribution is 6.12. The summed E-state index contributed by atoms with van der Waals surface area (Å²) in [6.07, 6.45) is 0.654. The van der Waals surface area contributed by atoms with Crippen molar-refractivity contribution in [3.05, 3.63) is 69.4 Å². The van der Waals surface area contributed by atoms with Crippen molar-refractivity contribution in [1.29, 1.82) is 0 Å². The Bertz CT molecular complexity index is 1340. The molecule has 8 heteroatoms. The van der Waals surface area contributed by atoms with E-state index < -0.39 is 0 Å². The summed E-state index contributed by atoms with van der Waals surface area (Å²) in [5.41, 5.74) is 3.94. The number of hydrogen-bond acceptors (Lipinski definition) is 6. The molecule has 0 radical (unpaired) electrons. The van der Waals surface area contributed by atoms with Crippen LogP contribution in [0.5, 0.6) is 0 Å². The predicted molar refractivity (Wildman–Crippen MR) is 118 cm³/mol. The van der Waals surface area contributed by atoms with Gasteiger partial charge >= 0.3 is 0 Å². The fourth-order valence-corrected chi connectivity index (χ4v) is 3.36. The third kappa shape index (κ3) is 4.09. The fraction of sp³-hybridized carbons (Fsp3) is 0.261. The first kappa shape index (κ1) is 20.5. The van der Waals surface area contributed by atoms with Gasteiger partial charge in [-0.1, -0.05) is 38.1 Å². The van der Waals surface area contributed by atoms with Crippen LogP contribution >= 0.6 is 0 Å². The van der Waals surface area contributed by atoms with Crippen LogP contribution in [0.1, 0.15) is 54.1 Å². The topological polar surface area (TPSA) is 114 Å². The monoisotopic (exact) mass is 417 g/mol. The van der Waals surface area contributed by atoms with Crippen LogP contribution in [-0.2, 0) is 6.42 Å². The SMILES string of the molecule is CCc1cc(=O)[nH]c(-c2cccc(NC(=O)c3cc(C(C)C)nc4onc(C)c34)c2)n1. The molecule has 1 amide bonds. The quantitative estimate of drug-likeness (QED) is 0.503. The van der Waals surface area contributed by atoms with Crippen LogP contribution in [0, 0.1) is 6.92 Å². The zero-order valence-corrected chi connectivity index (χ0v) is 17.8. The fourth-order valence-electron chi connectivity index (χ4n) is 3.36. The molecule has 31 heavy (non-hydrogen) atoms. The first-order valence-electron chi connectivity index (χ1n) is 10.1. The van der Waals surface area contributed by atoms with Gasteiger partial charge in [0.1, 0.15) is 5.82 Å². The van der Waals surface area contributed by atoms with Gasteiger partial charge in [-0.3, -0.25) is 9.59 Å². The first-order chi connectivity index (χ1) is 14.9. The number of aryl methyl sites for hydroxylation is 2. The number of rotatable bonds is 5. The summed E-state index contributed by atoms with van der Waals surface area (Å²) in [7, 11) is 0. The molecule has 8 nitrogen and oxygen atoms in total. The van der Waals surface area contributed by atoms with E-state index in [1.54, 1.807) is 31.2 Å². The van der Waals surface area contributed by atoms with Gasteiger partial charge in [0.25, 0.3) is 17.2 Å². The number of amides is 1. The summed E-state index contributed by atoms with van der Waals surface area (Å²) < 4.78 is 5.31. The van der Waals surface area contributed by atoms with Crippen molar-refractivity contribution in [2.45, 2.75) is 40.0 Å². The van der Waals surface area contributed by atoms with Crippen molar-refractivity contribution < 1.29 is 9.32 Å². The van der Waals surface area contributed by atoms with Crippen LogP contribution in [0.15, 0.2) is 45.7 Å². The highest BCUT2D eigenvalue weighted by Gasteiger charge is 2.20. The maximum atomic E-state index is 13.2. The van der Waals surface area contributed by atoms with Gasteiger partial charge in [-0.15, -0.1) is 0 Å². The predicted octanol–water partition coefficient (Wildman–Crippen LogP) is 4.22. The van der Waals surface area contributed by atoms with E-state index in [0.717, 1.165) is 5.69 Å². The molecule has 0 unspecified atom stereocenters. The summed E-state index contributed by atoms with van der Waals surface area (Å²) in [5.74, 6) is 0.295. The van der Waals surface area contributed by atoms with Gasteiger partial charge in [0.05, 0.1) is 16.6 Å². The van der Waals surface area contributed by atoms with E-state index in [9.17, 15) is 9.59 Å². The van der Waals surface area contributed by atoms with Crippen molar-refractivity contribution >= 4 is 22.7 Å². The highest BCUT2D eigenvalue weighted by Crippen LogP contribution is 2.26. The zero-order valence-electron chi connectivity index (χ0n) is 17.8. The number of aromatic amines is 1. The van der Waals surface area contributed by atoms with E-state index in [4.69, 9.17) is 4.52 Å². The van der Waals surface area contributed by atoms with Crippen molar-refractivity contribution in [1.82, 2.24) is 20.1 Å². The number of pyridine rings is 1. The molecule has 0 atom stereocenters. The van der Waals surface area contributed by atoms with Gasteiger partial charge < -0.3 is 14.8 Å². The van der Waals surface area contributed by atoms with Gasteiger partial charge in [0.2, 0.25) is 0 Å². The number of hydrogen-bond donors (Lipinski definition) is 2. The molecule has 158 valence electrons. The van der Waals surface area contributed by atoms with Gasteiger partial charge in [-0.05, 0) is 37.5 Å². The minimum absolute atomic E-state index is 0.124. The summed E-state index contributed by atoms with van der Waals surface area (Å²) in [6, 6.07) is 10.5. The Morgan fingerprint density at radius 2 is 2.00 bits per heavy atom. The van der Waals surface area contributed by atoms with E-state index in [1.165, 1.54) is 6.07 Å². The number of nitrogens with one attached hydrogen (secondary N) is 2. The van der Waals surface area contributed by atoms with Crippen LogP contribution in [0.2, 0.25) is 0 Å². The normalized spacial score (nSPS) is 11.3. The van der Waals surface area contributed by atoms with E-state index in [1.807, 2.05) is 26.8 Å². The van der Waals surface area contributed by atoms with Crippen molar-refractivity contribution in [2.24, 2.45) is 0 Å².